The molecule has 1 heterocycles. The Morgan fingerprint density at radius 1 is 1.20 bits per heavy atom. The summed E-state index contributed by atoms with van der Waals surface area (Å²) >= 11 is 5.99. The maximum absolute atomic E-state index is 12.4. The third-order valence-electron chi connectivity index (χ3n) is 3.77. The van der Waals surface area contributed by atoms with Crippen molar-refractivity contribution in [3.63, 3.8) is 0 Å². The lowest BCUT2D eigenvalue weighted by atomic mass is 10.1. The van der Waals surface area contributed by atoms with E-state index >= 15 is 0 Å². The van der Waals surface area contributed by atoms with Gasteiger partial charge in [-0.3, -0.25) is 10.1 Å². The number of halogens is 1. The number of rotatable bonds is 6. The highest BCUT2D eigenvalue weighted by Crippen LogP contribution is 2.24. The van der Waals surface area contributed by atoms with E-state index in [0.717, 1.165) is 22.5 Å². The van der Waals surface area contributed by atoms with Crippen LogP contribution in [0.3, 0.4) is 0 Å². The van der Waals surface area contributed by atoms with E-state index in [2.05, 4.69) is 9.71 Å². The van der Waals surface area contributed by atoms with Crippen LogP contribution in [0.15, 0.2) is 53.6 Å². The molecule has 130 valence electrons. The van der Waals surface area contributed by atoms with E-state index in [1.54, 1.807) is 18.3 Å². The van der Waals surface area contributed by atoms with Crippen molar-refractivity contribution in [2.24, 2.45) is 0 Å². The van der Waals surface area contributed by atoms with Crippen molar-refractivity contribution >= 4 is 38.2 Å². The third-order valence-corrected chi connectivity index (χ3v) is 5.51. The van der Waals surface area contributed by atoms with Crippen LogP contribution in [0.4, 0.5) is 5.69 Å². The molecule has 1 aromatic heterocycles. The van der Waals surface area contributed by atoms with Crippen LogP contribution in [0.2, 0.25) is 5.02 Å². The van der Waals surface area contributed by atoms with Gasteiger partial charge in [-0.1, -0.05) is 23.7 Å². The fourth-order valence-electron chi connectivity index (χ4n) is 2.59. The molecule has 0 saturated carbocycles. The van der Waals surface area contributed by atoms with Crippen LogP contribution in [-0.4, -0.2) is 24.9 Å². The lowest BCUT2D eigenvalue weighted by Gasteiger charge is -2.07. The second-order valence-electron chi connectivity index (χ2n) is 5.38. The van der Waals surface area contributed by atoms with Crippen LogP contribution in [-0.2, 0) is 16.4 Å². The quantitative estimate of drug-likeness (QED) is 0.506. The molecule has 0 atom stereocenters. The number of para-hydroxylation sites is 1. The van der Waals surface area contributed by atoms with E-state index in [4.69, 9.17) is 11.6 Å². The van der Waals surface area contributed by atoms with Crippen LogP contribution in [0.25, 0.3) is 10.9 Å². The highest BCUT2D eigenvalue weighted by molar-refractivity contribution is 7.89. The standard InChI is InChI=1S/C16H14ClN3O4S/c17-12-5-6-14-13(9-12)11(10-18-14)7-8-19-25(23,24)16-4-2-1-3-15(16)20(21)22/h1-6,9-10,18-19H,7-8H2. The fraction of sp³-hybridized carbons (Fsp3) is 0.125. The van der Waals surface area contributed by atoms with E-state index in [1.807, 2.05) is 6.07 Å². The van der Waals surface area contributed by atoms with Gasteiger partial charge in [0.05, 0.1) is 4.92 Å². The molecule has 0 saturated heterocycles. The van der Waals surface area contributed by atoms with Crippen molar-refractivity contribution in [3.8, 4) is 0 Å². The van der Waals surface area contributed by atoms with Gasteiger partial charge in [0.2, 0.25) is 10.0 Å². The molecule has 2 aromatic carbocycles. The summed E-state index contributed by atoms with van der Waals surface area (Å²) in [5.74, 6) is 0. The van der Waals surface area contributed by atoms with E-state index < -0.39 is 20.6 Å². The number of nitrogens with one attached hydrogen (secondary N) is 2. The smallest absolute Gasteiger partial charge is 0.289 e. The molecule has 25 heavy (non-hydrogen) atoms. The Morgan fingerprint density at radius 3 is 2.72 bits per heavy atom. The zero-order chi connectivity index (χ0) is 18.0. The molecule has 9 heteroatoms. The Balaban J connectivity index is 1.77. The van der Waals surface area contributed by atoms with Crippen LogP contribution < -0.4 is 4.72 Å². The first-order chi connectivity index (χ1) is 11.9. The molecule has 0 aliphatic heterocycles. The van der Waals surface area contributed by atoms with Gasteiger partial charge in [-0.05, 0) is 36.2 Å². The van der Waals surface area contributed by atoms with Gasteiger partial charge in [0, 0.05) is 34.7 Å². The Labute approximate surface area is 148 Å². The second kappa shape index (κ2) is 6.83. The lowest BCUT2D eigenvalue weighted by molar-refractivity contribution is -0.387. The minimum absolute atomic E-state index is 0.105. The number of nitrogens with zero attached hydrogens (tertiary/aromatic N) is 1. The topological polar surface area (TPSA) is 105 Å². The Bertz CT molecular complexity index is 1050. The third kappa shape index (κ3) is 3.65. The van der Waals surface area contributed by atoms with Gasteiger partial charge in [-0.25, -0.2) is 13.1 Å². The molecule has 2 N–H and O–H groups in total. The van der Waals surface area contributed by atoms with E-state index in [1.165, 1.54) is 18.2 Å². The van der Waals surface area contributed by atoms with Crippen LogP contribution >= 0.6 is 11.6 Å². The first-order valence-corrected chi connectivity index (χ1v) is 9.23. The van der Waals surface area contributed by atoms with Gasteiger partial charge in [0.1, 0.15) is 0 Å². The van der Waals surface area contributed by atoms with E-state index in [-0.39, 0.29) is 11.4 Å². The number of aromatic amines is 1. The Morgan fingerprint density at radius 2 is 1.96 bits per heavy atom. The van der Waals surface area contributed by atoms with Gasteiger partial charge >= 0.3 is 0 Å². The number of aromatic nitrogens is 1. The van der Waals surface area contributed by atoms with Crippen LogP contribution in [0, 0.1) is 10.1 Å². The first-order valence-electron chi connectivity index (χ1n) is 7.37. The largest absolute Gasteiger partial charge is 0.361 e. The minimum Gasteiger partial charge on any atom is -0.361 e. The number of H-pyrrole nitrogens is 1. The zero-order valence-corrected chi connectivity index (χ0v) is 14.5. The van der Waals surface area contributed by atoms with Gasteiger partial charge < -0.3 is 4.98 Å². The van der Waals surface area contributed by atoms with Crippen LogP contribution in [0.1, 0.15) is 5.56 Å². The summed E-state index contributed by atoms with van der Waals surface area (Å²) < 4.78 is 27.1. The predicted molar refractivity (Wildman–Crippen MR) is 95.3 cm³/mol. The molecular formula is C16H14ClN3O4S. The fourth-order valence-corrected chi connectivity index (χ4v) is 3.96. The Kier molecular flexibility index (Phi) is 4.76. The molecule has 7 nitrogen and oxygen atoms in total. The van der Waals surface area contributed by atoms with Crippen molar-refractivity contribution in [1.29, 1.82) is 0 Å². The summed E-state index contributed by atoms with van der Waals surface area (Å²) in [5.41, 5.74) is 1.36. The summed E-state index contributed by atoms with van der Waals surface area (Å²) in [6, 6.07) is 10.7. The molecule has 0 bridgehead atoms. The summed E-state index contributed by atoms with van der Waals surface area (Å²) in [7, 11) is -3.98. The van der Waals surface area contributed by atoms with Gasteiger partial charge in [-0.2, -0.15) is 0 Å². The van der Waals surface area contributed by atoms with Crippen LogP contribution in [0.5, 0.6) is 0 Å². The number of hydrogen-bond donors (Lipinski definition) is 2. The summed E-state index contributed by atoms with van der Waals surface area (Å²) in [4.78, 5) is 13.0. The number of nitro benzene ring substituents is 1. The minimum atomic E-state index is -3.98. The maximum Gasteiger partial charge on any atom is 0.289 e. The molecule has 0 unspecified atom stereocenters. The predicted octanol–water partition coefficient (Wildman–Crippen LogP) is 3.25. The first kappa shape index (κ1) is 17.4. The van der Waals surface area contributed by atoms with Gasteiger partial charge in [-0.15, -0.1) is 0 Å². The highest BCUT2D eigenvalue weighted by Gasteiger charge is 2.24. The summed E-state index contributed by atoms with van der Waals surface area (Å²) in [6.45, 7) is 0.105. The average molecular weight is 380 g/mol. The van der Waals surface area contributed by atoms with Crippen molar-refractivity contribution in [1.82, 2.24) is 9.71 Å². The lowest BCUT2D eigenvalue weighted by Crippen LogP contribution is -2.26. The molecule has 0 fully saturated rings. The van der Waals surface area contributed by atoms with E-state index in [0.29, 0.717) is 11.4 Å². The molecule has 0 amide bonds. The zero-order valence-electron chi connectivity index (χ0n) is 12.9. The van der Waals surface area contributed by atoms with Crippen molar-refractivity contribution in [2.45, 2.75) is 11.3 Å². The monoisotopic (exact) mass is 379 g/mol. The normalized spacial score (nSPS) is 11.7. The average Bonchev–Trinajstić information content (AvgIpc) is 2.97. The number of hydrogen-bond acceptors (Lipinski definition) is 4. The number of benzene rings is 2. The molecule has 0 aliphatic carbocycles. The SMILES string of the molecule is O=[N+]([O-])c1ccccc1S(=O)(=O)NCCc1c[nH]c2ccc(Cl)cc12. The second-order valence-corrected chi connectivity index (χ2v) is 7.55. The number of nitro groups is 1. The number of sulfonamides is 1. The maximum atomic E-state index is 12.4. The van der Waals surface area contributed by atoms with Gasteiger partial charge in [0.25, 0.3) is 5.69 Å². The molecule has 3 aromatic rings. The molecule has 0 aliphatic rings. The van der Waals surface area contributed by atoms with Crippen molar-refractivity contribution in [2.75, 3.05) is 6.54 Å². The van der Waals surface area contributed by atoms with Crippen molar-refractivity contribution < 1.29 is 13.3 Å². The molecule has 0 radical (unpaired) electrons. The summed E-state index contributed by atoms with van der Waals surface area (Å²) in [6.07, 6.45) is 2.21. The molecule has 3 rings (SSSR count). The number of fused-ring (bicyclic) bond motifs is 1. The molecular weight excluding hydrogens is 366 g/mol. The van der Waals surface area contributed by atoms with Crippen molar-refractivity contribution in [3.05, 3.63) is 69.4 Å². The summed E-state index contributed by atoms with van der Waals surface area (Å²) in [5, 5.41) is 12.5. The van der Waals surface area contributed by atoms with Gasteiger partial charge in [0.15, 0.2) is 4.90 Å². The Hall–Kier alpha value is -2.42. The highest BCUT2D eigenvalue weighted by atomic mass is 35.5. The van der Waals surface area contributed by atoms with E-state index in [9.17, 15) is 18.5 Å². The molecule has 0 spiro atoms.